The maximum Gasteiger partial charge on any atom is 0.214 e. The fraction of sp³-hybridized carbons (Fsp3) is 0. The van der Waals surface area contributed by atoms with Gasteiger partial charge in [-0.05, 0) is 0 Å². The Morgan fingerprint density at radius 2 is 1.00 bits per heavy atom. The average molecular weight is 312 g/mol. The molecule has 0 bridgehead atoms. The van der Waals surface area contributed by atoms with Crippen LogP contribution in [0.2, 0.25) is 0 Å². The van der Waals surface area contributed by atoms with Crippen LogP contribution in [0.1, 0.15) is 0 Å². The van der Waals surface area contributed by atoms with Crippen molar-refractivity contribution >= 4 is 21.2 Å². The third kappa shape index (κ3) is 2.34. The third-order valence-corrected chi connectivity index (χ3v) is 4.61. The second kappa shape index (κ2) is 4.63. The molecule has 0 aromatic heterocycles. The zero-order valence-electron chi connectivity index (χ0n) is 10.5. The normalized spacial score (nSPS) is 11.4. The summed E-state index contributed by atoms with van der Waals surface area (Å²) in [5.41, 5.74) is 10.2. The molecule has 0 heterocycles. The highest BCUT2D eigenvalue weighted by molar-refractivity contribution is 7.91. The average Bonchev–Trinajstić information content (AvgIpc) is 2.37. The monoisotopic (exact) mass is 312 g/mol. The first kappa shape index (κ1) is 14.6. The van der Waals surface area contributed by atoms with Gasteiger partial charge in [-0.2, -0.15) is 0 Å². The lowest BCUT2D eigenvalue weighted by atomic mass is 10.3. The Hall–Kier alpha value is -2.81. The van der Waals surface area contributed by atoms with E-state index in [1.807, 2.05) is 0 Å². The summed E-state index contributed by atoms with van der Waals surface area (Å²) in [7, 11) is -4.41. The molecular formula is C12H12N2O6S. The number of hydrogen-bond donors (Lipinski definition) is 6. The first-order valence-electron chi connectivity index (χ1n) is 5.52. The summed E-state index contributed by atoms with van der Waals surface area (Å²) in [6.45, 7) is 0. The van der Waals surface area contributed by atoms with Gasteiger partial charge in [0.05, 0.1) is 11.4 Å². The van der Waals surface area contributed by atoms with Gasteiger partial charge in [0.15, 0.2) is 0 Å². The van der Waals surface area contributed by atoms with E-state index in [4.69, 9.17) is 11.5 Å². The first-order valence-corrected chi connectivity index (χ1v) is 7.01. The van der Waals surface area contributed by atoms with Crippen molar-refractivity contribution in [3.63, 3.8) is 0 Å². The smallest absolute Gasteiger partial charge is 0.214 e. The maximum atomic E-state index is 12.4. The molecule has 112 valence electrons. The van der Waals surface area contributed by atoms with E-state index in [0.29, 0.717) is 0 Å². The van der Waals surface area contributed by atoms with Crippen molar-refractivity contribution in [3.8, 4) is 23.0 Å². The van der Waals surface area contributed by atoms with Gasteiger partial charge in [0.2, 0.25) is 9.84 Å². The number of rotatable bonds is 2. The molecule has 0 atom stereocenters. The van der Waals surface area contributed by atoms with Crippen LogP contribution < -0.4 is 11.5 Å². The number of hydrogen-bond acceptors (Lipinski definition) is 8. The van der Waals surface area contributed by atoms with Crippen LogP contribution in [0.4, 0.5) is 11.4 Å². The zero-order chi connectivity index (χ0) is 15.9. The molecule has 0 saturated heterocycles. The van der Waals surface area contributed by atoms with Crippen LogP contribution >= 0.6 is 0 Å². The third-order valence-electron chi connectivity index (χ3n) is 2.80. The molecule has 8 N–H and O–H groups in total. The van der Waals surface area contributed by atoms with Crippen molar-refractivity contribution in [3.05, 3.63) is 24.3 Å². The van der Waals surface area contributed by atoms with Crippen molar-refractivity contribution in [2.24, 2.45) is 0 Å². The van der Waals surface area contributed by atoms with Crippen LogP contribution in [-0.2, 0) is 9.84 Å². The van der Waals surface area contributed by atoms with Crippen LogP contribution in [-0.4, -0.2) is 28.8 Å². The zero-order valence-corrected chi connectivity index (χ0v) is 11.3. The summed E-state index contributed by atoms with van der Waals surface area (Å²) in [6.07, 6.45) is 0. The maximum absolute atomic E-state index is 12.4. The number of phenolic OH excluding ortho intramolecular Hbond substituents is 4. The minimum atomic E-state index is -4.41. The number of phenols is 4. The summed E-state index contributed by atoms with van der Waals surface area (Å²) >= 11 is 0. The molecule has 21 heavy (non-hydrogen) atoms. The number of aromatic hydroxyl groups is 4. The highest BCUT2D eigenvalue weighted by Gasteiger charge is 2.27. The lowest BCUT2D eigenvalue weighted by Gasteiger charge is -2.11. The van der Waals surface area contributed by atoms with Crippen LogP contribution in [0, 0.1) is 0 Å². The predicted molar refractivity (Wildman–Crippen MR) is 73.8 cm³/mol. The molecule has 0 fully saturated rings. The lowest BCUT2D eigenvalue weighted by Crippen LogP contribution is -2.04. The Balaban J connectivity index is 2.74. The van der Waals surface area contributed by atoms with Gasteiger partial charge in [0, 0.05) is 24.3 Å². The summed E-state index contributed by atoms with van der Waals surface area (Å²) < 4.78 is 24.8. The molecule has 2 aromatic rings. The number of sulfone groups is 1. The SMILES string of the molecule is Nc1cc(O)c(S(=O)(=O)c2cc(O)c(N)cc2O)cc1O. The van der Waals surface area contributed by atoms with E-state index in [-0.39, 0.29) is 11.4 Å². The minimum absolute atomic E-state index is 0.212. The number of nitrogens with two attached hydrogens (primary N) is 2. The van der Waals surface area contributed by atoms with Crippen molar-refractivity contribution in [1.29, 1.82) is 0 Å². The number of benzene rings is 2. The summed E-state index contributed by atoms with van der Waals surface area (Å²) in [6, 6.07) is 3.20. The Labute approximate surface area is 119 Å². The molecular weight excluding hydrogens is 300 g/mol. The molecule has 0 unspecified atom stereocenters. The van der Waals surface area contributed by atoms with E-state index in [2.05, 4.69) is 0 Å². The van der Waals surface area contributed by atoms with Gasteiger partial charge in [-0.3, -0.25) is 0 Å². The van der Waals surface area contributed by atoms with Gasteiger partial charge >= 0.3 is 0 Å². The van der Waals surface area contributed by atoms with E-state index in [1.165, 1.54) is 0 Å². The quantitative estimate of drug-likeness (QED) is 0.265. The minimum Gasteiger partial charge on any atom is -0.506 e. The van der Waals surface area contributed by atoms with E-state index in [1.54, 1.807) is 0 Å². The van der Waals surface area contributed by atoms with E-state index >= 15 is 0 Å². The Kier molecular flexibility index (Phi) is 3.22. The second-order valence-corrected chi connectivity index (χ2v) is 6.15. The summed E-state index contributed by atoms with van der Waals surface area (Å²) in [5.74, 6) is -2.52. The van der Waals surface area contributed by atoms with Crippen LogP contribution in [0.15, 0.2) is 34.1 Å². The van der Waals surface area contributed by atoms with Gasteiger partial charge < -0.3 is 31.9 Å². The second-order valence-electron chi connectivity index (χ2n) is 4.26. The van der Waals surface area contributed by atoms with Crippen LogP contribution in [0.25, 0.3) is 0 Å². The molecule has 0 spiro atoms. The van der Waals surface area contributed by atoms with Crippen molar-refractivity contribution in [1.82, 2.24) is 0 Å². The Morgan fingerprint density at radius 1 is 0.667 bits per heavy atom. The van der Waals surface area contributed by atoms with Crippen LogP contribution in [0.5, 0.6) is 23.0 Å². The number of anilines is 2. The topological polar surface area (TPSA) is 167 Å². The Bertz CT molecular complexity index is 769. The molecule has 0 aliphatic rings. The molecule has 2 rings (SSSR count). The molecule has 0 aliphatic carbocycles. The van der Waals surface area contributed by atoms with E-state index < -0.39 is 42.6 Å². The molecule has 2 aromatic carbocycles. The highest BCUT2D eigenvalue weighted by Crippen LogP contribution is 2.40. The lowest BCUT2D eigenvalue weighted by molar-refractivity contribution is 0.441. The van der Waals surface area contributed by atoms with Crippen molar-refractivity contribution in [2.45, 2.75) is 9.79 Å². The van der Waals surface area contributed by atoms with Gasteiger partial charge in [-0.25, -0.2) is 8.42 Å². The predicted octanol–water partition coefficient (Wildman–Crippen LogP) is 0.506. The standard InChI is InChI=1S/C12H12N2O6S/c13-5-1-9(17)11(3-7(5)15)21(19,20)12-4-8(16)6(14)2-10(12)18/h1-4,15-18H,13-14H2. The largest absolute Gasteiger partial charge is 0.506 e. The molecule has 9 heteroatoms. The van der Waals surface area contributed by atoms with Gasteiger partial charge in [0.1, 0.15) is 32.8 Å². The number of nitrogen functional groups attached to an aromatic ring is 2. The summed E-state index contributed by atoms with van der Waals surface area (Å²) in [4.78, 5) is -1.35. The van der Waals surface area contributed by atoms with Gasteiger partial charge in [-0.1, -0.05) is 0 Å². The summed E-state index contributed by atoms with van der Waals surface area (Å²) in [5, 5.41) is 38.3. The molecule has 0 saturated carbocycles. The van der Waals surface area contributed by atoms with E-state index in [0.717, 1.165) is 24.3 Å². The first-order chi connectivity index (χ1) is 9.64. The fourth-order valence-electron chi connectivity index (χ4n) is 1.70. The van der Waals surface area contributed by atoms with E-state index in [9.17, 15) is 28.8 Å². The van der Waals surface area contributed by atoms with Gasteiger partial charge in [0.25, 0.3) is 0 Å². The molecule has 0 aliphatic heterocycles. The molecule has 0 radical (unpaired) electrons. The van der Waals surface area contributed by atoms with Crippen molar-refractivity contribution < 1.29 is 28.8 Å². The van der Waals surface area contributed by atoms with Crippen molar-refractivity contribution in [2.75, 3.05) is 11.5 Å². The fourth-order valence-corrected chi connectivity index (χ4v) is 3.14. The molecule has 8 nitrogen and oxygen atoms in total. The Morgan fingerprint density at radius 3 is 1.33 bits per heavy atom. The van der Waals surface area contributed by atoms with Crippen LogP contribution in [0.3, 0.4) is 0 Å². The van der Waals surface area contributed by atoms with Gasteiger partial charge in [-0.15, -0.1) is 0 Å². The molecule has 0 amide bonds. The highest BCUT2D eigenvalue weighted by atomic mass is 32.2.